The molecule has 80 valence electrons. The summed E-state index contributed by atoms with van der Waals surface area (Å²) < 4.78 is 0. The highest BCUT2D eigenvalue weighted by atomic mass is 31.0. The summed E-state index contributed by atoms with van der Waals surface area (Å²) in [6.45, 7) is 4.17. The number of aryl methyl sites for hydroxylation is 2. The highest BCUT2D eigenvalue weighted by Crippen LogP contribution is 1.92. The SMILES string of the molecule is Cc1ccccc1.Cc1ccccc1.P. The van der Waals surface area contributed by atoms with Crippen LogP contribution >= 0.6 is 9.90 Å². The van der Waals surface area contributed by atoms with Crippen LogP contribution in [0.2, 0.25) is 0 Å². The van der Waals surface area contributed by atoms with Crippen molar-refractivity contribution in [1.29, 1.82) is 0 Å². The van der Waals surface area contributed by atoms with E-state index in [4.69, 9.17) is 0 Å². The van der Waals surface area contributed by atoms with Gasteiger partial charge in [0.1, 0.15) is 0 Å². The van der Waals surface area contributed by atoms with Gasteiger partial charge in [-0.3, -0.25) is 0 Å². The Morgan fingerprint density at radius 2 is 0.800 bits per heavy atom. The fourth-order valence-electron chi connectivity index (χ4n) is 1.07. The first kappa shape index (κ1) is 13.9. The van der Waals surface area contributed by atoms with Crippen molar-refractivity contribution in [3.63, 3.8) is 0 Å². The maximum Gasteiger partial charge on any atom is -0.0398 e. The number of benzene rings is 2. The van der Waals surface area contributed by atoms with Crippen LogP contribution in [-0.2, 0) is 0 Å². The standard InChI is InChI=1S/2C7H8.H3P/c2*1-7-5-3-2-4-6-7;/h2*2-6H,1H3;1H3. The van der Waals surface area contributed by atoms with E-state index in [2.05, 4.69) is 38.1 Å². The predicted octanol–water partition coefficient (Wildman–Crippen LogP) is 4.05. The Kier molecular flexibility index (Phi) is 7.58. The van der Waals surface area contributed by atoms with Crippen molar-refractivity contribution in [2.45, 2.75) is 13.8 Å². The second-order valence-electron chi connectivity index (χ2n) is 3.31. The van der Waals surface area contributed by atoms with Crippen molar-refractivity contribution in [3.8, 4) is 0 Å². The van der Waals surface area contributed by atoms with Crippen LogP contribution in [0.25, 0.3) is 0 Å². The van der Waals surface area contributed by atoms with Gasteiger partial charge in [-0.2, -0.15) is 9.90 Å². The first-order valence-electron chi connectivity index (χ1n) is 4.82. The minimum absolute atomic E-state index is 0. The quantitative estimate of drug-likeness (QED) is 0.585. The third-order valence-corrected chi connectivity index (χ3v) is 1.88. The molecule has 0 spiro atoms. The Bertz CT molecular complexity index is 303. The molecular weight excluding hydrogens is 199 g/mol. The van der Waals surface area contributed by atoms with Gasteiger partial charge in [0.05, 0.1) is 0 Å². The van der Waals surface area contributed by atoms with E-state index in [-0.39, 0.29) is 9.90 Å². The summed E-state index contributed by atoms with van der Waals surface area (Å²) in [5, 5.41) is 0. The summed E-state index contributed by atoms with van der Waals surface area (Å²) in [6.07, 6.45) is 0. The van der Waals surface area contributed by atoms with Crippen molar-refractivity contribution in [1.82, 2.24) is 0 Å². The van der Waals surface area contributed by atoms with Crippen molar-refractivity contribution in [2.75, 3.05) is 0 Å². The van der Waals surface area contributed by atoms with Crippen molar-refractivity contribution >= 4 is 9.90 Å². The lowest BCUT2D eigenvalue weighted by Gasteiger charge is -1.82. The van der Waals surface area contributed by atoms with E-state index in [1.54, 1.807) is 0 Å². The summed E-state index contributed by atoms with van der Waals surface area (Å²) in [4.78, 5) is 0. The molecule has 0 aliphatic heterocycles. The van der Waals surface area contributed by atoms with Gasteiger partial charge in [-0.15, -0.1) is 0 Å². The van der Waals surface area contributed by atoms with Crippen LogP contribution in [0.4, 0.5) is 0 Å². The van der Waals surface area contributed by atoms with Crippen LogP contribution in [0.1, 0.15) is 11.1 Å². The number of hydrogen-bond acceptors (Lipinski definition) is 0. The largest absolute Gasteiger partial charge is 0.153 e. The number of hydrogen-bond donors (Lipinski definition) is 0. The normalized spacial score (nSPS) is 8.13. The Labute approximate surface area is 96.0 Å². The van der Waals surface area contributed by atoms with Gasteiger partial charge >= 0.3 is 0 Å². The molecule has 2 aromatic carbocycles. The molecule has 15 heavy (non-hydrogen) atoms. The minimum Gasteiger partial charge on any atom is -0.153 e. The average molecular weight is 218 g/mol. The molecule has 0 nitrogen and oxygen atoms in total. The van der Waals surface area contributed by atoms with Gasteiger partial charge in [0.15, 0.2) is 0 Å². The maximum atomic E-state index is 2.08. The molecule has 1 atom stereocenters. The van der Waals surface area contributed by atoms with Crippen molar-refractivity contribution in [3.05, 3.63) is 71.8 Å². The molecule has 0 saturated carbocycles. The van der Waals surface area contributed by atoms with Crippen LogP contribution in [0.15, 0.2) is 60.7 Å². The zero-order chi connectivity index (χ0) is 10.2. The van der Waals surface area contributed by atoms with E-state index < -0.39 is 0 Å². The molecular formula is C14H19P. The molecule has 0 N–H and O–H groups in total. The highest BCUT2D eigenvalue weighted by Gasteiger charge is 1.72. The van der Waals surface area contributed by atoms with Crippen molar-refractivity contribution < 1.29 is 0 Å². The molecule has 2 rings (SSSR count). The van der Waals surface area contributed by atoms with E-state index in [0.717, 1.165) is 0 Å². The Balaban J connectivity index is 0.000000245. The van der Waals surface area contributed by atoms with Crippen LogP contribution in [0, 0.1) is 13.8 Å². The summed E-state index contributed by atoms with van der Waals surface area (Å²) in [7, 11) is 0. The Morgan fingerprint density at radius 1 is 0.533 bits per heavy atom. The molecule has 0 amide bonds. The molecule has 0 saturated heterocycles. The summed E-state index contributed by atoms with van der Waals surface area (Å²) in [6, 6.07) is 20.5. The molecule has 1 unspecified atom stereocenters. The third-order valence-electron chi connectivity index (χ3n) is 1.88. The summed E-state index contributed by atoms with van der Waals surface area (Å²) >= 11 is 0. The van der Waals surface area contributed by atoms with E-state index in [0.29, 0.717) is 0 Å². The van der Waals surface area contributed by atoms with Crippen LogP contribution in [0.3, 0.4) is 0 Å². The minimum atomic E-state index is 0. The molecule has 0 radical (unpaired) electrons. The zero-order valence-electron chi connectivity index (χ0n) is 9.48. The lowest BCUT2D eigenvalue weighted by molar-refractivity contribution is 1.48. The summed E-state index contributed by atoms with van der Waals surface area (Å²) in [5.41, 5.74) is 2.64. The van der Waals surface area contributed by atoms with Crippen LogP contribution in [0.5, 0.6) is 0 Å². The Morgan fingerprint density at radius 3 is 0.933 bits per heavy atom. The molecule has 1 heteroatoms. The first-order chi connectivity index (χ1) is 6.79. The monoisotopic (exact) mass is 218 g/mol. The average Bonchev–Trinajstić information content (AvgIpc) is 2.21. The van der Waals surface area contributed by atoms with Crippen LogP contribution < -0.4 is 0 Å². The number of rotatable bonds is 0. The fourth-order valence-corrected chi connectivity index (χ4v) is 1.07. The second kappa shape index (κ2) is 8.20. The Hall–Kier alpha value is -1.13. The van der Waals surface area contributed by atoms with E-state index in [1.807, 2.05) is 36.4 Å². The smallest absolute Gasteiger partial charge is 0.0398 e. The maximum absolute atomic E-state index is 2.08. The van der Waals surface area contributed by atoms with E-state index in [1.165, 1.54) is 11.1 Å². The third kappa shape index (κ3) is 6.88. The first-order valence-corrected chi connectivity index (χ1v) is 4.82. The van der Waals surface area contributed by atoms with Gasteiger partial charge in [-0.25, -0.2) is 0 Å². The highest BCUT2D eigenvalue weighted by molar-refractivity contribution is 6.92. The molecule has 0 aliphatic rings. The van der Waals surface area contributed by atoms with E-state index >= 15 is 0 Å². The van der Waals surface area contributed by atoms with Gasteiger partial charge in [0.2, 0.25) is 0 Å². The molecule has 2 aromatic rings. The van der Waals surface area contributed by atoms with Gasteiger partial charge in [0.25, 0.3) is 0 Å². The molecule has 0 heterocycles. The molecule has 0 aliphatic carbocycles. The molecule has 0 fully saturated rings. The van der Waals surface area contributed by atoms with Gasteiger partial charge in [-0.05, 0) is 13.8 Å². The second-order valence-corrected chi connectivity index (χ2v) is 3.31. The van der Waals surface area contributed by atoms with Gasteiger partial charge in [0, 0.05) is 0 Å². The topological polar surface area (TPSA) is 0 Å². The lowest BCUT2D eigenvalue weighted by Crippen LogP contribution is -1.62. The van der Waals surface area contributed by atoms with Crippen LogP contribution in [-0.4, -0.2) is 0 Å². The van der Waals surface area contributed by atoms with Gasteiger partial charge < -0.3 is 0 Å². The lowest BCUT2D eigenvalue weighted by atomic mass is 10.2. The predicted molar refractivity (Wildman–Crippen MR) is 73.5 cm³/mol. The van der Waals surface area contributed by atoms with E-state index in [9.17, 15) is 0 Å². The molecule has 0 bridgehead atoms. The zero-order valence-corrected chi connectivity index (χ0v) is 10.9. The molecule has 0 aromatic heterocycles. The van der Waals surface area contributed by atoms with Gasteiger partial charge in [-0.1, -0.05) is 71.8 Å². The van der Waals surface area contributed by atoms with Crippen molar-refractivity contribution in [2.24, 2.45) is 0 Å². The summed E-state index contributed by atoms with van der Waals surface area (Å²) in [5.74, 6) is 0. The fraction of sp³-hybridized carbons (Fsp3) is 0.143.